The Kier molecular flexibility index (Phi) is 4.79. The van der Waals surface area contributed by atoms with E-state index in [4.69, 9.17) is 4.74 Å². The minimum atomic E-state index is -3.78. The summed E-state index contributed by atoms with van der Waals surface area (Å²) in [6, 6.07) is 12.5. The van der Waals surface area contributed by atoms with Gasteiger partial charge in [-0.3, -0.25) is 4.79 Å². The molecule has 162 valence electrons. The van der Waals surface area contributed by atoms with Crippen LogP contribution in [-0.2, 0) is 16.6 Å². The Bertz CT molecular complexity index is 1330. The van der Waals surface area contributed by atoms with Gasteiger partial charge in [0, 0.05) is 31.3 Å². The van der Waals surface area contributed by atoms with Crippen molar-refractivity contribution in [3.8, 4) is 5.75 Å². The maximum atomic E-state index is 13.6. The Morgan fingerprint density at radius 3 is 2.77 bits per heavy atom. The predicted molar refractivity (Wildman–Crippen MR) is 120 cm³/mol. The van der Waals surface area contributed by atoms with Crippen molar-refractivity contribution in [3.63, 3.8) is 0 Å². The molecule has 1 aliphatic carbocycles. The summed E-state index contributed by atoms with van der Waals surface area (Å²) >= 11 is 0. The SMILES string of the molecule is Cc1cccc2cc(CN(C3CC3)S(=O)(=O)c3ccc4c(c3)OCCN4C)c(=O)[nH]c12. The lowest BCUT2D eigenvalue weighted by molar-refractivity contribution is 0.310. The van der Waals surface area contributed by atoms with Crippen LogP contribution < -0.4 is 15.2 Å². The Balaban J connectivity index is 1.52. The van der Waals surface area contributed by atoms with Crippen LogP contribution in [-0.4, -0.2) is 43.9 Å². The number of rotatable bonds is 5. The molecule has 0 bridgehead atoms. The number of nitrogens with one attached hydrogen (secondary N) is 1. The standard InChI is InChI=1S/C23H25N3O4S/c1-15-4-3-5-16-12-17(23(27)24-22(15)16)14-26(18-6-7-18)31(28,29)19-8-9-20-21(13-19)30-11-10-25(20)2/h3-5,8-9,12-13,18H,6-7,10-11,14H2,1-2H3,(H,24,27). The number of para-hydroxylation sites is 1. The van der Waals surface area contributed by atoms with Crippen LogP contribution in [0.1, 0.15) is 24.0 Å². The van der Waals surface area contributed by atoms with Gasteiger partial charge in [-0.25, -0.2) is 8.42 Å². The van der Waals surface area contributed by atoms with Crippen molar-refractivity contribution >= 4 is 26.6 Å². The van der Waals surface area contributed by atoms with Gasteiger partial charge in [0.05, 0.1) is 22.6 Å². The molecule has 2 heterocycles. The maximum absolute atomic E-state index is 13.6. The van der Waals surface area contributed by atoms with E-state index in [1.165, 1.54) is 4.31 Å². The van der Waals surface area contributed by atoms with E-state index in [0.29, 0.717) is 17.9 Å². The highest BCUT2D eigenvalue weighted by atomic mass is 32.2. The summed E-state index contributed by atoms with van der Waals surface area (Å²) < 4.78 is 34.3. The molecule has 0 amide bonds. The lowest BCUT2D eigenvalue weighted by Crippen LogP contribution is -2.35. The number of nitrogens with zero attached hydrogens (tertiary/aromatic N) is 2. The number of fused-ring (bicyclic) bond motifs is 2. The van der Waals surface area contributed by atoms with Gasteiger partial charge in [-0.2, -0.15) is 4.31 Å². The van der Waals surface area contributed by atoms with Crippen molar-refractivity contribution in [2.75, 3.05) is 25.1 Å². The Morgan fingerprint density at radius 1 is 1.19 bits per heavy atom. The molecular weight excluding hydrogens is 414 g/mol. The third-order valence-corrected chi connectivity index (χ3v) is 7.97. The molecule has 0 spiro atoms. The Labute approximate surface area is 181 Å². The topological polar surface area (TPSA) is 82.7 Å². The van der Waals surface area contributed by atoms with E-state index in [9.17, 15) is 13.2 Å². The molecule has 2 aliphatic rings. The molecule has 0 atom stereocenters. The number of sulfonamides is 1. The molecule has 1 aliphatic heterocycles. The normalized spacial score (nSPS) is 16.4. The van der Waals surface area contributed by atoms with Gasteiger partial charge in [0.25, 0.3) is 5.56 Å². The van der Waals surface area contributed by atoms with E-state index < -0.39 is 10.0 Å². The van der Waals surface area contributed by atoms with E-state index in [1.807, 2.05) is 37.1 Å². The van der Waals surface area contributed by atoms with E-state index in [0.717, 1.165) is 41.5 Å². The molecule has 2 aromatic carbocycles. The van der Waals surface area contributed by atoms with Crippen LogP contribution in [0.15, 0.2) is 52.2 Å². The second kappa shape index (κ2) is 7.39. The second-order valence-corrected chi connectivity index (χ2v) is 10.2. The van der Waals surface area contributed by atoms with Crippen LogP contribution in [0.4, 0.5) is 5.69 Å². The molecule has 0 radical (unpaired) electrons. The zero-order valence-electron chi connectivity index (χ0n) is 17.6. The van der Waals surface area contributed by atoms with Gasteiger partial charge in [0.15, 0.2) is 0 Å². The molecule has 3 aromatic rings. The Morgan fingerprint density at radius 2 is 2.00 bits per heavy atom. The van der Waals surface area contributed by atoms with Gasteiger partial charge in [0.1, 0.15) is 12.4 Å². The summed E-state index contributed by atoms with van der Waals surface area (Å²) in [6.45, 7) is 3.27. The molecule has 1 aromatic heterocycles. The zero-order chi connectivity index (χ0) is 21.8. The van der Waals surface area contributed by atoms with Crippen molar-refractivity contribution in [2.45, 2.75) is 37.2 Å². The van der Waals surface area contributed by atoms with E-state index >= 15 is 0 Å². The molecular formula is C23H25N3O4S. The minimum absolute atomic E-state index is 0.0457. The van der Waals surface area contributed by atoms with E-state index in [1.54, 1.807) is 24.3 Å². The van der Waals surface area contributed by atoms with Crippen molar-refractivity contribution in [1.82, 2.24) is 9.29 Å². The average molecular weight is 440 g/mol. The second-order valence-electron chi connectivity index (χ2n) is 8.34. The third kappa shape index (κ3) is 3.59. The summed E-state index contributed by atoms with van der Waals surface area (Å²) in [7, 11) is -1.83. The van der Waals surface area contributed by atoms with Crippen molar-refractivity contribution in [3.05, 3.63) is 63.9 Å². The highest BCUT2D eigenvalue weighted by Crippen LogP contribution is 2.37. The molecule has 8 heteroatoms. The number of aryl methyl sites for hydroxylation is 1. The van der Waals surface area contributed by atoms with Crippen LogP contribution in [0.2, 0.25) is 0 Å². The fraction of sp³-hybridized carbons (Fsp3) is 0.348. The number of ether oxygens (including phenoxy) is 1. The summed E-state index contributed by atoms with van der Waals surface area (Å²) in [4.78, 5) is 17.9. The summed E-state index contributed by atoms with van der Waals surface area (Å²) in [5.41, 5.74) is 2.84. The first-order valence-corrected chi connectivity index (χ1v) is 11.9. The summed E-state index contributed by atoms with van der Waals surface area (Å²) in [5.74, 6) is 0.574. The number of anilines is 1. The van der Waals surface area contributed by atoms with Crippen molar-refractivity contribution in [1.29, 1.82) is 0 Å². The number of benzene rings is 2. The molecule has 1 N–H and O–H groups in total. The maximum Gasteiger partial charge on any atom is 0.252 e. The Hall–Kier alpha value is -2.84. The van der Waals surface area contributed by atoms with Crippen LogP contribution in [0.5, 0.6) is 5.75 Å². The molecule has 1 saturated carbocycles. The number of pyridine rings is 1. The predicted octanol–water partition coefficient (Wildman–Crippen LogP) is 3.02. The van der Waals surface area contributed by atoms with Crippen LogP contribution in [0.3, 0.4) is 0 Å². The monoisotopic (exact) mass is 439 g/mol. The average Bonchev–Trinajstić information content (AvgIpc) is 3.58. The summed E-state index contributed by atoms with van der Waals surface area (Å²) in [6.07, 6.45) is 1.60. The summed E-state index contributed by atoms with van der Waals surface area (Å²) in [5, 5.41) is 0.896. The van der Waals surface area contributed by atoms with E-state index in [-0.39, 0.29) is 23.0 Å². The number of likely N-dealkylation sites (N-methyl/N-ethyl adjacent to an activating group) is 1. The van der Waals surface area contributed by atoms with Gasteiger partial charge < -0.3 is 14.6 Å². The molecule has 5 rings (SSSR count). The fourth-order valence-corrected chi connectivity index (χ4v) is 5.80. The van der Waals surface area contributed by atoms with Crippen LogP contribution >= 0.6 is 0 Å². The first kappa shape index (κ1) is 20.1. The molecule has 1 fully saturated rings. The van der Waals surface area contributed by atoms with Crippen molar-refractivity contribution in [2.24, 2.45) is 0 Å². The fourth-order valence-electron chi connectivity index (χ4n) is 4.12. The highest BCUT2D eigenvalue weighted by molar-refractivity contribution is 7.89. The minimum Gasteiger partial charge on any atom is -0.490 e. The van der Waals surface area contributed by atoms with E-state index in [2.05, 4.69) is 4.98 Å². The number of hydrogen-bond donors (Lipinski definition) is 1. The molecule has 0 saturated heterocycles. The van der Waals surface area contributed by atoms with Gasteiger partial charge in [-0.1, -0.05) is 18.2 Å². The first-order chi connectivity index (χ1) is 14.8. The van der Waals surface area contributed by atoms with Gasteiger partial charge in [-0.15, -0.1) is 0 Å². The number of H-pyrrole nitrogens is 1. The highest BCUT2D eigenvalue weighted by Gasteiger charge is 2.39. The quantitative estimate of drug-likeness (QED) is 0.661. The first-order valence-electron chi connectivity index (χ1n) is 10.5. The lowest BCUT2D eigenvalue weighted by Gasteiger charge is -2.28. The van der Waals surface area contributed by atoms with Crippen molar-refractivity contribution < 1.29 is 13.2 Å². The third-order valence-electron chi connectivity index (χ3n) is 6.08. The van der Waals surface area contributed by atoms with Gasteiger partial charge >= 0.3 is 0 Å². The van der Waals surface area contributed by atoms with Gasteiger partial charge in [0.2, 0.25) is 10.0 Å². The van der Waals surface area contributed by atoms with Crippen LogP contribution in [0.25, 0.3) is 10.9 Å². The molecule has 0 unspecified atom stereocenters. The lowest BCUT2D eigenvalue weighted by atomic mass is 10.1. The number of hydrogen-bond acceptors (Lipinski definition) is 5. The largest absolute Gasteiger partial charge is 0.490 e. The smallest absolute Gasteiger partial charge is 0.252 e. The molecule has 7 nitrogen and oxygen atoms in total. The van der Waals surface area contributed by atoms with Crippen LogP contribution in [0, 0.1) is 6.92 Å². The zero-order valence-corrected chi connectivity index (χ0v) is 18.4. The number of aromatic nitrogens is 1. The van der Waals surface area contributed by atoms with Gasteiger partial charge in [-0.05, 0) is 48.9 Å². The molecule has 31 heavy (non-hydrogen) atoms. The number of aromatic amines is 1.